The second-order valence-corrected chi connectivity index (χ2v) is 9.17. The molecule has 0 N–H and O–H groups in total. The zero-order chi connectivity index (χ0) is 25.7. The van der Waals surface area contributed by atoms with Crippen molar-refractivity contribution in [3.63, 3.8) is 0 Å². The van der Waals surface area contributed by atoms with Crippen LogP contribution in [0.15, 0.2) is 140 Å². The van der Waals surface area contributed by atoms with Gasteiger partial charge in [0.25, 0.3) is 0 Å². The Balaban J connectivity index is 1.37. The molecule has 0 spiro atoms. The fourth-order valence-corrected chi connectivity index (χ4v) is 4.66. The molecule has 0 bridgehead atoms. The number of hydrogen-bond acceptors (Lipinski definition) is 5. The van der Waals surface area contributed by atoms with Gasteiger partial charge in [0, 0.05) is 49.0 Å². The number of ether oxygens (including phenoxy) is 1. The molecule has 186 valence electrons. The van der Waals surface area contributed by atoms with Crippen LogP contribution in [0.4, 0.5) is 22.9 Å². The van der Waals surface area contributed by atoms with E-state index in [1.807, 2.05) is 54.7 Å². The second-order valence-electron chi connectivity index (χ2n) is 9.17. The molecular weight excluding hydrogens is 468 g/mol. The highest BCUT2D eigenvalue weighted by molar-refractivity contribution is 5.87. The first-order valence-electron chi connectivity index (χ1n) is 12.6. The Labute approximate surface area is 223 Å². The van der Waals surface area contributed by atoms with Gasteiger partial charge in [-0.25, -0.2) is 4.98 Å². The molecule has 5 heteroatoms. The van der Waals surface area contributed by atoms with Crippen molar-refractivity contribution in [1.29, 1.82) is 0 Å². The summed E-state index contributed by atoms with van der Waals surface area (Å²) in [5.74, 6) is 2.38. The highest BCUT2D eigenvalue weighted by Gasteiger charge is 2.18. The van der Waals surface area contributed by atoms with Crippen molar-refractivity contribution in [3.8, 4) is 22.6 Å². The molecule has 0 unspecified atom stereocenters. The molecule has 0 amide bonds. The fourth-order valence-electron chi connectivity index (χ4n) is 4.66. The van der Waals surface area contributed by atoms with E-state index >= 15 is 0 Å². The zero-order valence-corrected chi connectivity index (χ0v) is 21.2. The van der Waals surface area contributed by atoms with E-state index in [1.54, 1.807) is 0 Å². The quantitative estimate of drug-likeness (QED) is 0.227. The molecular formula is C33H28N4O. The predicted octanol–water partition coefficient (Wildman–Crippen LogP) is 8.19. The van der Waals surface area contributed by atoms with Crippen LogP contribution in [0, 0.1) is 0 Å². The van der Waals surface area contributed by atoms with Crippen LogP contribution in [0.2, 0.25) is 0 Å². The number of nitrogens with zero attached hydrogens (tertiary/aromatic N) is 4. The van der Waals surface area contributed by atoms with E-state index < -0.39 is 0 Å². The summed E-state index contributed by atoms with van der Waals surface area (Å²) in [6, 6.07) is 41.2. The summed E-state index contributed by atoms with van der Waals surface area (Å²) in [6.45, 7) is 0.818. The Morgan fingerprint density at radius 3 is 2.26 bits per heavy atom. The minimum absolute atomic E-state index is 0.756. The van der Waals surface area contributed by atoms with Crippen molar-refractivity contribution in [2.45, 2.75) is 0 Å². The highest BCUT2D eigenvalue weighted by atomic mass is 16.5. The van der Waals surface area contributed by atoms with Crippen LogP contribution < -0.4 is 14.5 Å². The molecule has 1 aliphatic rings. The van der Waals surface area contributed by atoms with Crippen LogP contribution in [-0.4, -0.2) is 23.6 Å². The first kappa shape index (κ1) is 23.4. The molecule has 6 rings (SSSR count). The summed E-state index contributed by atoms with van der Waals surface area (Å²) in [5.41, 5.74) is 5.37. The Kier molecular flexibility index (Phi) is 6.48. The molecule has 0 radical (unpaired) electrons. The number of hydrogen-bond donors (Lipinski definition) is 0. The summed E-state index contributed by atoms with van der Waals surface area (Å²) >= 11 is 0. The van der Waals surface area contributed by atoms with Crippen molar-refractivity contribution < 1.29 is 4.74 Å². The van der Waals surface area contributed by atoms with Gasteiger partial charge >= 0.3 is 0 Å². The number of rotatable bonds is 7. The number of aromatic nitrogens is 1. The first-order valence-corrected chi connectivity index (χ1v) is 12.6. The van der Waals surface area contributed by atoms with Gasteiger partial charge in [-0.1, -0.05) is 66.7 Å². The topological polar surface area (TPSA) is 31.8 Å². The molecule has 2 heterocycles. The molecule has 5 nitrogen and oxygen atoms in total. The lowest BCUT2D eigenvalue weighted by molar-refractivity contribution is 0.481. The molecule has 0 saturated carbocycles. The van der Waals surface area contributed by atoms with Crippen LogP contribution in [0.3, 0.4) is 0 Å². The number of pyridine rings is 1. The standard InChI is InChI=1S/C33H28N4O/c1-35-21-22-36(25-35)27-13-9-15-29(23-27)38-30-16-10-14-28(24-30)37(33-19-7-8-20-34-33)32-18-6-5-17-31(32)26-11-3-2-4-12-26/h2-24H,25H2,1H3. The van der Waals surface area contributed by atoms with E-state index in [0.29, 0.717) is 0 Å². The van der Waals surface area contributed by atoms with Gasteiger partial charge in [0.15, 0.2) is 0 Å². The van der Waals surface area contributed by atoms with Crippen molar-refractivity contribution in [3.05, 3.63) is 140 Å². The lowest BCUT2D eigenvalue weighted by Crippen LogP contribution is -2.21. The molecule has 1 aliphatic heterocycles. The van der Waals surface area contributed by atoms with Gasteiger partial charge < -0.3 is 14.5 Å². The molecule has 1 aromatic heterocycles. The third-order valence-corrected chi connectivity index (χ3v) is 6.45. The van der Waals surface area contributed by atoms with Crippen LogP contribution in [-0.2, 0) is 0 Å². The van der Waals surface area contributed by atoms with Crippen LogP contribution in [0.25, 0.3) is 11.1 Å². The molecule has 38 heavy (non-hydrogen) atoms. The van der Waals surface area contributed by atoms with E-state index in [2.05, 4.69) is 107 Å². The zero-order valence-electron chi connectivity index (χ0n) is 21.2. The summed E-state index contributed by atoms with van der Waals surface area (Å²) in [7, 11) is 2.06. The van der Waals surface area contributed by atoms with Crippen LogP contribution >= 0.6 is 0 Å². The van der Waals surface area contributed by atoms with Gasteiger partial charge in [0.1, 0.15) is 17.3 Å². The lowest BCUT2D eigenvalue weighted by Gasteiger charge is -2.27. The maximum absolute atomic E-state index is 6.37. The Morgan fingerprint density at radius 2 is 1.47 bits per heavy atom. The van der Waals surface area contributed by atoms with Gasteiger partial charge in [0.05, 0.1) is 18.0 Å². The van der Waals surface area contributed by atoms with E-state index in [-0.39, 0.29) is 0 Å². The molecule has 4 aromatic carbocycles. The van der Waals surface area contributed by atoms with E-state index in [4.69, 9.17) is 9.72 Å². The Morgan fingerprint density at radius 1 is 0.711 bits per heavy atom. The smallest absolute Gasteiger partial charge is 0.137 e. The van der Waals surface area contributed by atoms with Gasteiger partial charge in [-0.05, 0) is 48.0 Å². The van der Waals surface area contributed by atoms with E-state index in [9.17, 15) is 0 Å². The predicted molar refractivity (Wildman–Crippen MR) is 155 cm³/mol. The molecule has 0 atom stereocenters. The third kappa shape index (κ3) is 4.95. The monoisotopic (exact) mass is 496 g/mol. The maximum atomic E-state index is 6.37. The van der Waals surface area contributed by atoms with Crippen molar-refractivity contribution >= 4 is 22.9 Å². The van der Waals surface area contributed by atoms with Gasteiger partial charge in [-0.3, -0.25) is 4.90 Å². The third-order valence-electron chi connectivity index (χ3n) is 6.45. The summed E-state index contributed by atoms with van der Waals surface area (Å²) < 4.78 is 6.37. The lowest BCUT2D eigenvalue weighted by atomic mass is 10.0. The van der Waals surface area contributed by atoms with Gasteiger partial charge in [-0.2, -0.15) is 0 Å². The molecule has 5 aromatic rings. The number of anilines is 4. The molecule has 0 fully saturated rings. The largest absolute Gasteiger partial charge is 0.457 e. The van der Waals surface area contributed by atoms with Crippen molar-refractivity contribution in [1.82, 2.24) is 9.88 Å². The molecule has 0 aliphatic carbocycles. The van der Waals surface area contributed by atoms with Crippen molar-refractivity contribution in [2.24, 2.45) is 0 Å². The maximum Gasteiger partial charge on any atom is 0.137 e. The normalized spacial score (nSPS) is 12.6. The van der Waals surface area contributed by atoms with Crippen LogP contribution in [0.1, 0.15) is 0 Å². The van der Waals surface area contributed by atoms with E-state index in [1.165, 1.54) is 0 Å². The van der Waals surface area contributed by atoms with Gasteiger partial charge in [0.2, 0.25) is 0 Å². The Hall–Kier alpha value is -5.03. The fraction of sp³-hybridized carbons (Fsp3) is 0.0606. The first-order chi connectivity index (χ1) is 18.7. The Bertz CT molecular complexity index is 1550. The minimum atomic E-state index is 0.756. The minimum Gasteiger partial charge on any atom is -0.457 e. The summed E-state index contributed by atoms with van der Waals surface area (Å²) in [6.07, 6.45) is 5.97. The number of para-hydroxylation sites is 1. The average Bonchev–Trinajstić information content (AvgIpc) is 3.41. The highest BCUT2D eigenvalue weighted by Crippen LogP contribution is 2.41. The van der Waals surface area contributed by atoms with Crippen molar-refractivity contribution in [2.75, 3.05) is 23.5 Å². The average molecular weight is 497 g/mol. The second kappa shape index (κ2) is 10.5. The summed E-state index contributed by atoms with van der Waals surface area (Å²) in [4.78, 5) is 11.2. The summed E-state index contributed by atoms with van der Waals surface area (Å²) in [5, 5.41) is 0. The van der Waals surface area contributed by atoms with Gasteiger partial charge in [-0.15, -0.1) is 0 Å². The number of benzene rings is 4. The molecule has 0 saturated heterocycles. The van der Waals surface area contributed by atoms with E-state index in [0.717, 1.165) is 52.2 Å². The van der Waals surface area contributed by atoms with Crippen LogP contribution in [0.5, 0.6) is 11.5 Å². The SMILES string of the molecule is CN1C=CN(c2cccc(Oc3cccc(N(c4ccccn4)c4ccccc4-c4ccccc4)c3)c2)C1.